The zero-order valence-corrected chi connectivity index (χ0v) is 24.2. The summed E-state index contributed by atoms with van der Waals surface area (Å²) in [6, 6.07) is 9.40. The van der Waals surface area contributed by atoms with Crippen LogP contribution in [0.3, 0.4) is 0 Å². The first-order chi connectivity index (χ1) is 18.9. The van der Waals surface area contributed by atoms with Crippen molar-refractivity contribution >= 4 is 22.9 Å². The third-order valence-electron chi connectivity index (χ3n) is 6.82. The lowest BCUT2D eigenvalue weighted by molar-refractivity contribution is 0.00198. The summed E-state index contributed by atoms with van der Waals surface area (Å²) in [6.07, 6.45) is 7.16. The quantitative estimate of drug-likeness (QED) is 0.243. The number of hydrogen-bond donors (Lipinski definition) is 0. The molecule has 210 valence electrons. The standard InChI is InChI=1S/C18H19N5O.C12H17FN2O/c1-22(13-6-4-3-5-7-13)17-14(11-20)18(24)23(2)15-9-8-12(10-19)21-16(15)17;1-8-6-10(9(2)15-11(8)13)7-14-16-12(3,4)5/h8-9,13H,3-7H2,1-2H3;6-7H,1-5H3/b;14-7-. The number of fused-ring (bicyclic) bond motifs is 1. The summed E-state index contributed by atoms with van der Waals surface area (Å²) < 4.78 is 14.5. The Morgan fingerprint density at radius 3 is 2.42 bits per heavy atom. The molecule has 4 rings (SSSR count). The van der Waals surface area contributed by atoms with Gasteiger partial charge in [-0.05, 0) is 65.7 Å². The molecule has 1 fully saturated rings. The first-order valence-electron chi connectivity index (χ1n) is 13.3. The average molecular weight is 546 g/mol. The maximum atomic E-state index is 13.1. The van der Waals surface area contributed by atoms with Crippen LogP contribution >= 0.6 is 0 Å². The van der Waals surface area contributed by atoms with Gasteiger partial charge in [0.15, 0.2) is 0 Å². The van der Waals surface area contributed by atoms with E-state index in [4.69, 9.17) is 10.1 Å². The van der Waals surface area contributed by atoms with Gasteiger partial charge in [-0.3, -0.25) is 4.79 Å². The van der Waals surface area contributed by atoms with Crippen LogP contribution in [-0.4, -0.2) is 39.4 Å². The average Bonchev–Trinajstić information content (AvgIpc) is 2.92. The predicted octanol–water partition coefficient (Wildman–Crippen LogP) is 5.43. The van der Waals surface area contributed by atoms with Crippen molar-refractivity contribution in [2.75, 3.05) is 11.9 Å². The van der Waals surface area contributed by atoms with Gasteiger partial charge in [0.25, 0.3) is 5.56 Å². The number of rotatable bonds is 4. The van der Waals surface area contributed by atoms with Crippen LogP contribution in [0.25, 0.3) is 11.0 Å². The second kappa shape index (κ2) is 12.7. The van der Waals surface area contributed by atoms with Gasteiger partial charge in [0.1, 0.15) is 34.5 Å². The van der Waals surface area contributed by atoms with Crippen LogP contribution in [0.2, 0.25) is 0 Å². The SMILES string of the molecule is CN(c1c(C#N)c(=O)n(C)c2ccc(C#N)nc12)C1CCCCC1.Cc1cc(/C=N\OC(C)(C)C)c(C)nc1F. The number of nitriles is 2. The van der Waals surface area contributed by atoms with Crippen LogP contribution in [0.15, 0.2) is 28.1 Å². The number of halogens is 1. The van der Waals surface area contributed by atoms with Gasteiger partial charge >= 0.3 is 0 Å². The van der Waals surface area contributed by atoms with E-state index in [0.29, 0.717) is 28.0 Å². The number of pyridine rings is 3. The van der Waals surface area contributed by atoms with Crippen molar-refractivity contribution in [2.24, 2.45) is 12.2 Å². The highest BCUT2D eigenvalue weighted by atomic mass is 19.1. The molecular weight excluding hydrogens is 509 g/mol. The molecule has 3 aromatic rings. The normalized spacial score (nSPS) is 13.8. The molecule has 3 aromatic heterocycles. The Morgan fingerprint density at radius 1 is 1.15 bits per heavy atom. The minimum absolute atomic E-state index is 0.0978. The van der Waals surface area contributed by atoms with Crippen molar-refractivity contribution in [3.63, 3.8) is 0 Å². The van der Waals surface area contributed by atoms with Crippen LogP contribution < -0.4 is 10.5 Å². The highest BCUT2D eigenvalue weighted by Crippen LogP contribution is 2.32. The van der Waals surface area contributed by atoms with Crippen molar-refractivity contribution in [1.29, 1.82) is 10.5 Å². The van der Waals surface area contributed by atoms with Crippen molar-refractivity contribution in [1.82, 2.24) is 14.5 Å². The van der Waals surface area contributed by atoms with E-state index in [2.05, 4.69) is 21.2 Å². The Labute approximate surface area is 234 Å². The van der Waals surface area contributed by atoms with Crippen LogP contribution in [-0.2, 0) is 11.9 Å². The summed E-state index contributed by atoms with van der Waals surface area (Å²) in [5.41, 5.74) is 3.33. The summed E-state index contributed by atoms with van der Waals surface area (Å²) in [6.45, 7) is 9.13. The number of aryl methyl sites for hydroxylation is 3. The highest BCUT2D eigenvalue weighted by Gasteiger charge is 2.25. The van der Waals surface area contributed by atoms with Crippen molar-refractivity contribution in [3.05, 3.63) is 62.6 Å². The van der Waals surface area contributed by atoms with E-state index in [9.17, 15) is 14.4 Å². The van der Waals surface area contributed by atoms with Crippen LogP contribution in [0.4, 0.5) is 10.1 Å². The lowest BCUT2D eigenvalue weighted by Crippen LogP contribution is -2.36. The largest absolute Gasteiger partial charge is 0.390 e. The maximum Gasteiger partial charge on any atom is 0.270 e. The van der Waals surface area contributed by atoms with Crippen molar-refractivity contribution in [2.45, 2.75) is 78.4 Å². The predicted molar refractivity (Wildman–Crippen MR) is 154 cm³/mol. The van der Waals surface area contributed by atoms with Crippen molar-refractivity contribution < 1.29 is 9.23 Å². The number of nitrogens with zero attached hydrogens (tertiary/aromatic N) is 7. The molecule has 1 aliphatic rings. The Morgan fingerprint density at radius 2 is 1.82 bits per heavy atom. The van der Waals surface area contributed by atoms with Gasteiger partial charge in [0, 0.05) is 37.0 Å². The van der Waals surface area contributed by atoms with Gasteiger partial charge in [0.2, 0.25) is 5.95 Å². The molecule has 0 amide bonds. The van der Waals surface area contributed by atoms with Gasteiger partial charge < -0.3 is 14.3 Å². The molecule has 9 nitrogen and oxygen atoms in total. The van der Waals surface area contributed by atoms with E-state index in [0.717, 1.165) is 31.2 Å². The van der Waals surface area contributed by atoms with Gasteiger partial charge in [-0.25, -0.2) is 9.97 Å². The van der Waals surface area contributed by atoms with E-state index in [1.54, 1.807) is 45.3 Å². The summed E-state index contributed by atoms with van der Waals surface area (Å²) in [7, 11) is 3.55. The molecule has 40 heavy (non-hydrogen) atoms. The van der Waals surface area contributed by atoms with E-state index < -0.39 is 5.95 Å². The summed E-state index contributed by atoms with van der Waals surface area (Å²) in [4.78, 5) is 28.0. The first kappa shape index (κ1) is 30.2. The summed E-state index contributed by atoms with van der Waals surface area (Å²) in [5.74, 6) is -0.439. The second-order valence-electron chi connectivity index (χ2n) is 11.0. The molecular formula is C30H36FN7O2. The number of oxime groups is 1. The second-order valence-corrected chi connectivity index (χ2v) is 11.0. The lowest BCUT2D eigenvalue weighted by Gasteiger charge is -2.33. The molecule has 1 saturated carbocycles. The zero-order valence-electron chi connectivity index (χ0n) is 24.2. The van der Waals surface area contributed by atoms with Gasteiger partial charge in [0.05, 0.1) is 17.4 Å². The summed E-state index contributed by atoms with van der Waals surface area (Å²) in [5, 5.41) is 22.6. The Bertz CT molecular complexity index is 1550. The maximum absolute atomic E-state index is 13.1. The Balaban J connectivity index is 0.000000241. The number of aromatic nitrogens is 3. The molecule has 3 heterocycles. The van der Waals surface area contributed by atoms with E-state index >= 15 is 0 Å². The van der Waals surface area contributed by atoms with Crippen LogP contribution in [0.1, 0.15) is 81.0 Å². The molecule has 0 N–H and O–H groups in total. The van der Waals surface area contributed by atoms with Crippen molar-refractivity contribution in [3.8, 4) is 12.1 Å². The fraction of sp³-hybridized carbons (Fsp3) is 0.467. The van der Waals surface area contributed by atoms with E-state index in [-0.39, 0.29) is 28.5 Å². The fourth-order valence-corrected chi connectivity index (χ4v) is 4.62. The molecule has 0 spiro atoms. The van der Waals surface area contributed by atoms with E-state index in [1.165, 1.54) is 11.0 Å². The van der Waals surface area contributed by atoms with Gasteiger partial charge in [-0.2, -0.15) is 14.9 Å². The highest BCUT2D eigenvalue weighted by molar-refractivity contribution is 5.92. The zero-order chi connectivity index (χ0) is 29.6. The minimum Gasteiger partial charge on any atom is -0.390 e. The molecule has 0 aliphatic heterocycles. The Hall–Kier alpha value is -4.31. The molecule has 1 aliphatic carbocycles. The van der Waals surface area contributed by atoms with Crippen LogP contribution in [0, 0.1) is 42.5 Å². The third kappa shape index (κ3) is 7.01. The van der Waals surface area contributed by atoms with Crippen LogP contribution in [0.5, 0.6) is 0 Å². The number of anilines is 1. The van der Waals surface area contributed by atoms with Gasteiger partial charge in [-0.15, -0.1) is 0 Å². The molecule has 0 atom stereocenters. The topological polar surface area (TPSA) is 120 Å². The minimum atomic E-state index is -0.439. The monoisotopic (exact) mass is 545 g/mol. The molecule has 0 unspecified atom stereocenters. The summed E-state index contributed by atoms with van der Waals surface area (Å²) >= 11 is 0. The van der Waals surface area contributed by atoms with E-state index in [1.807, 2.05) is 38.8 Å². The smallest absolute Gasteiger partial charge is 0.270 e. The third-order valence-corrected chi connectivity index (χ3v) is 6.82. The Kier molecular flexibility index (Phi) is 9.60. The molecule has 0 saturated heterocycles. The molecule has 10 heteroatoms. The molecule has 0 radical (unpaired) electrons. The first-order valence-corrected chi connectivity index (χ1v) is 13.3. The van der Waals surface area contributed by atoms with Gasteiger partial charge in [-0.1, -0.05) is 24.4 Å². The molecule has 0 bridgehead atoms. The lowest BCUT2D eigenvalue weighted by atomic mass is 9.93. The molecule has 0 aromatic carbocycles. The number of hydrogen-bond acceptors (Lipinski definition) is 8. The fourth-order valence-electron chi connectivity index (χ4n) is 4.62.